The maximum Gasteiger partial charge on any atom is 0.223 e. The van der Waals surface area contributed by atoms with Crippen molar-refractivity contribution >= 4 is 5.69 Å². The van der Waals surface area contributed by atoms with Crippen LogP contribution in [0.2, 0.25) is 0 Å². The van der Waals surface area contributed by atoms with E-state index in [1.54, 1.807) is 18.2 Å². The van der Waals surface area contributed by atoms with Crippen LogP contribution in [0.25, 0.3) is 0 Å². The van der Waals surface area contributed by atoms with E-state index in [2.05, 4.69) is 9.80 Å². The third-order valence-electron chi connectivity index (χ3n) is 3.63. The van der Waals surface area contributed by atoms with Crippen LogP contribution in [0.5, 0.6) is 0 Å². The zero-order valence-electron chi connectivity index (χ0n) is 10.7. The molecular weight excluding hydrogens is 249 g/mol. The van der Waals surface area contributed by atoms with Gasteiger partial charge in [0.05, 0.1) is 5.69 Å². The molecular formula is C13H18FN3O2. The third kappa shape index (κ3) is 2.71. The highest BCUT2D eigenvalue weighted by Crippen LogP contribution is 2.19. The van der Waals surface area contributed by atoms with Crippen molar-refractivity contribution in [3.63, 3.8) is 0 Å². The number of hydrogen-bond donors (Lipinski definition) is 1. The first-order valence-corrected chi connectivity index (χ1v) is 6.46. The van der Waals surface area contributed by atoms with Crippen LogP contribution in [0.4, 0.5) is 10.1 Å². The highest BCUT2D eigenvalue weighted by atomic mass is 19.1. The summed E-state index contributed by atoms with van der Waals surface area (Å²) in [6, 6.07) is 5.16. The number of anilines is 1. The van der Waals surface area contributed by atoms with Gasteiger partial charge in [-0.25, -0.2) is 4.39 Å². The molecule has 0 aliphatic carbocycles. The van der Waals surface area contributed by atoms with Crippen molar-refractivity contribution in [1.82, 2.24) is 9.80 Å². The molecule has 0 unspecified atom stereocenters. The number of piperazine rings is 1. The first-order valence-electron chi connectivity index (χ1n) is 6.46. The van der Waals surface area contributed by atoms with Gasteiger partial charge in [0.2, 0.25) is 6.41 Å². The zero-order chi connectivity index (χ0) is 13.2. The first kappa shape index (κ1) is 12.8. The second kappa shape index (κ2) is 5.42. The van der Waals surface area contributed by atoms with Gasteiger partial charge in [0.25, 0.3) is 0 Å². The molecule has 104 valence electrons. The summed E-state index contributed by atoms with van der Waals surface area (Å²) >= 11 is 0. The van der Waals surface area contributed by atoms with E-state index in [9.17, 15) is 4.39 Å². The van der Waals surface area contributed by atoms with Gasteiger partial charge in [-0.15, -0.1) is 0 Å². The van der Waals surface area contributed by atoms with E-state index in [0.717, 1.165) is 26.2 Å². The minimum absolute atomic E-state index is 0.175. The molecule has 5 nitrogen and oxygen atoms in total. The van der Waals surface area contributed by atoms with Crippen LogP contribution in [-0.2, 0) is 16.0 Å². The van der Waals surface area contributed by atoms with Crippen molar-refractivity contribution < 1.29 is 13.9 Å². The summed E-state index contributed by atoms with van der Waals surface area (Å²) in [5, 5.41) is 0. The van der Waals surface area contributed by atoms with Gasteiger partial charge < -0.3 is 15.2 Å². The molecule has 2 saturated heterocycles. The Labute approximate surface area is 111 Å². The fourth-order valence-corrected chi connectivity index (χ4v) is 2.43. The highest BCUT2D eigenvalue weighted by Gasteiger charge is 2.29. The lowest BCUT2D eigenvalue weighted by Gasteiger charge is -2.41. The number of rotatable bonds is 3. The standard InChI is InChI=1S/C13H18FN3O2/c14-12-10(2-1-3-11(12)15)8-16-4-6-17(7-5-16)13-18-9-19-13/h1-3,13H,4-9,15H2. The summed E-state index contributed by atoms with van der Waals surface area (Å²) in [5.74, 6) is -0.296. The molecule has 0 atom stereocenters. The molecule has 0 bridgehead atoms. The van der Waals surface area contributed by atoms with Crippen molar-refractivity contribution in [2.45, 2.75) is 13.0 Å². The van der Waals surface area contributed by atoms with Crippen molar-refractivity contribution in [3.05, 3.63) is 29.6 Å². The van der Waals surface area contributed by atoms with Gasteiger partial charge in [-0.2, -0.15) is 0 Å². The molecule has 0 radical (unpaired) electrons. The lowest BCUT2D eigenvalue weighted by molar-refractivity contribution is -0.377. The average molecular weight is 267 g/mol. The minimum Gasteiger partial charge on any atom is -0.396 e. The number of nitrogen functional groups attached to an aromatic ring is 1. The van der Waals surface area contributed by atoms with E-state index in [0.29, 0.717) is 18.9 Å². The molecule has 0 amide bonds. The van der Waals surface area contributed by atoms with Crippen LogP contribution in [0.3, 0.4) is 0 Å². The van der Waals surface area contributed by atoms with Gasteiger partial charge in [0, 0.05) is 38.3 Å². The molecule has 0 saturated carbocycles. The Morgan fingerprint density at radius 3 is 2.58 bits per heavy atom. The van der Waals surface area contributed by atoms with Crippen LogP contribution >= 0.6 is 0 Å². The Bertz CT molecular complexity index is 446. The van der Waals surface area contributed by atoms with Crippen LogP contribution in [0.15, 0.2) is 18.2 Å². The van der Waals surface area contributed by atoms with Gasteiger partial charge in [-0.05, 0) is 6.07 Å². The molecule has 0 spiro atoms. The van der Waals surface area contributed by atoms with Crippen LogP contribution in [0.1, 0.15) is 5.56 Å². The Morgan fingerprint density at radius 1 is 1.21 bits per heavy atom. The zero-order valence-corrected chi connectivity index (χ0v) is 10.7. The number of hydrogen-bond acceptors (Lipinski definition) is 5. The summed E-state index contributed by atoms with van der Waals surface area (Å²) in [7, 11) is 0. The number of benzene rings is 1. The summed E-state index contributed by atoms with van der Waals surface area (Å²) in [4.78, 5) is 4.36. The predicted octanol–water partition coefficient (Wildman–Crippen LogP) is 0.813. The topological polar surface area (TPSA) is 51.0 Å². The van der Waals surface area contributed by atoms with Crippen LogP contribution in [-0.4, -0.2) is 49.2 Å². The van der Waals surface area contributed by atoms with E-state index in [-0.39, 0.29) is 17.9 Å². The highest BCUT2D eigenvalue weighted by molar-refractivity contribution is 5.42. The molecule has 3 rings (SSSR count). The fraction of sp³-hybridized carbons (Fsp3) is 0.538. The monoisotopic (exact) mass is 267 g/mol. The largest absolute Gasteiger partial charge is 0.396 e. The van der Waals surface area contributed by atoms with Crippen LogP contribution in [0, 0.1) is 5.82 Å². The SMILES string of the molecule is Nc1cccc(CN2CCN(C3OCO3)CC2)c1F. The third-order valence-corrected chi connectivity index (χ3v) is 3.63. The van der Waals surface area contributed by atoms with Gasteiger partial charge in [-0.1, -0.05) is 12.1 Å². The Morgan fingerprint density at radius 2 is 1.95 bits per heavy atom. The predicted molar refractivity (Wildman–Crippen MR) is 68.5 cm³/mol. The van der Waals surface area contributed by atoms with E-state index in [4.69, 9.17) is 15.2 Å². The Kier molecular flexibility index (Phi) is 3.65. The summed E-state index contributed by atoms with van der Waals surface area (Å²) in [6.45, 7) is 4.47. The Hall–Kier alpha value is -1.21. The molecule has 19 heavy (non-hydrogen) atoms. The fourth-order valence-electron chi connectivity index (χ4n) is 2.43. The van der Waals surface area contributed by atoms with Gasteiger partial charge in [0.15, 0.2) is 12.6 Å². The van der Waals surface area contributed by atoms with E-state index in [1.807, 2.05) is 0 Å². The molecule has 2 N–H and O–H groups in total. The molecule has 6 heteroatoms. The van der Waals surface area contributed by atoms with E-state index in [1.165, 1.54) is 0 Å². The van der Waals surface area contributed by atoms with Gasteiger partial charge in [-0.3, -0.25) is 9.80 Å². The normalized spacial score (nSPS) is 22.4. The number of ether oxygens (including phenoxy) is 2. The summed E-state index contributed by atoms with van der Waals surface area (Å²) < 4.78 is 24.4. The molecule has 1 aromatic rings. The lowest BCUT2D eigenvalue weighted by Crippen LogP contribution is -2.55. The smallest absolute Gasteiger partial charge is 0.223 e. The van der Waals surface area contributed by atoms with E-state index < -0.39 is 0 Å². The summed E-state index contributed by atoms with van der Waals surface area (Å²) in [6.07, 6.45) is -0.175. The molecule has 2 fully saturated rings. The minimum atomic E-state index is -0.296. The molecule has 2 aliphatic rings. The lowest BCUT2D eigenvalue weighted by atomic mass is 10.1. The molecule has 2 aliphatic heterocycles. The van der Waals surface area contributed by atoms with Crippen molar-refractivity contribution in [3.8, 4) is 0 Å². The average Bonchev–Trinajstić information content (AvgIpc) is 2.35. The number of halogens is 1. The number of nitrogens with two attached hydrogens (primary N) is 1. The molecule has 1 aromatic carbocycles. The second-order valence-corrected chi connectivity index (χ2v) is 4.89. The molecule has 0 aromatic heterocycles. The summed E-state index contributed by atoms with van der Waals surface area (Å²) in [5.41, 5.74) is 6.45. The van der Waals surface area contributed by atoms with E-state index >= 15 is 0 Å². The van der Waals surface area contributed by atoms with Gasteiger partial charge >= 0.3 is 0 Å². The van der Waals surface area contributed by atoms with Crippen molar-refractivity contribution in [2.24, 2.45) is 0 Å². The maximum atomic E-state index is 13.8. The Balaban J connectivity index is 1.55. The van der Waals surface area contributed by atoms with Crippen molar-refractivity contribution in [2.75, 3.05) is 38.7 Å². The van der Waals surface area contributed by atoms with Crippen molar-refractivity contribution in [1.29, 1.82) is 0 Å². The maximum absolute atomic E-state index is 13.8. The molecule has 2 heterocycles. The first-order chi connectivity index (χ1) is 9.24. The second-order valence-electron chi connectivity index (χ2n) is 4.89. The van der Waals surface area contributed by atoms with Gasteiger partial charge in [0.1, 0.15) is 0 Å². The van der Waals surface area contributed by atoms with Crippen LogP contribution < -0.4 is 5.73 Å². The number of nitrogens with zero attached hydrogens (tertiary/aromatic N) is 2. The quantitative estimate of drug-likeness (QED) is 0.821.